The number of nitrogens with one attached hydrogen (secondary N) is 6. The van der Waals surface area contributed by atoms with Crippen molar-refractivity contribution in [1.82, 2.24) is 21.7 Å². The number of halogens is 4. The summed E-state index contributed by atoms with van der Waals surface area (Å²) in [4.78, 5) is 0. The van der Waals surface area contributed by atoms with Crippen molar-refractivity contribution in [2.75, 3.05) is 10.6 Å². The molecule has 0 aliphatic heterocycles. The predicted molar refractivity (Wildman–Crippen MR) is 152 cm³/mol. The molecule has 0 fully saturated rings. The van der Waals surface area contributed by atoms with Crippen LogP contribution in [0.5, 0.6) is 0 Å². The molecule has 0 spiro atoms. The lowest BCUT2D eigenvalue weighted by molar-refractivity contribution is 0.440. The minimum atomic E-state index is -0.119. The molecule has 1 aliphatic rings. The predicted octanol–water partition coefficient (Wildman–Crippen LogP) is 6.78. The highest BCUT2D eigenvalue weighted by molar-refractivity contribution is 7.80. The second-order valence-electron chi connectivity index (χ2n) is 8.09. The first kappa shape index (κ1) is 26.7. The van der Waals surface area contributed by atoms with Gasteiger partial charge >= 0.3 is 0 Å². The Morgan fingerprint density at radius 2 is 1.29 bits per heavy atom. The van der Waals surface area contributed by atoms with E-state index in [9.17, 15) is 0 Å². The van der Waals surface area contributed by atoms with Gasteiger partial charge in [-0.2, -0.15) is 0 Å². The lowest BCUT2D eigenvalue weighted by Gasteiger charge is -2.29. The number of hydrogen-bond donors (Lipinski definition) is 6. The third-order valence-corrected chi connectivity index (χ3v) is 6.04. The van der Waals surface area contributed by atoms with Gasteiger partial charge in [-0.25, -0.2) is 0 Å². The van der Waals surface area contributed by atoms with Crippen molar-refractivity contribution >= 4 is 92.4 Å². The quantitative estimate of drug-likeness (QED) is 0.166. The van der Waals surface area contributed by atoms with Gasteiger partial charge in [-0.05, 0) is 78.7 Å². The second kappa shape index (κ2) is 11.7. The van der Waals surface area contributed by atoms with E-state index in [1.807, 2.05) is 6.08 Å². The van der Waals surface area contributed by atoms with Crippen molar-refractivity contribution in [2.24, 2.45) is 5.41 Å². The van der Waals surface area contributed by atoms with Gasteiger partial charge in [-0.3, -0.25) is 16.3 Å². The second-order valence-corrected chi connectivity index (χ2v) is 10.6. The van der Waals surface area contributed by atoms with E-state index >= 15 is 0 Å². The summed E-state index contributed by atoms with van der Waals surface area (Å²) in [5, 5.41) is 8.80. The molecule has 3 rings (SSSR count). The molecular formula is C22H22Cl4N6S2. The Morgan fingerprint density at radius 1 is 0.794 bits per heavy atom. The van der Waals surface area contributed by atoms with Crippen LogP contribution >= 0.6 is 70.8 Å². The molecular weight excluding hydrogens is 554 g/mol. The molecule has 180 valence electrons. The molecule has 0 atom stereocenters. The van der Waals surface area contributed by atoms with Crippen LogP contribution in [0.3, 0.4) is 0 Å². The Kier molecular flexibility index (Phi) is 9.14. The molecule has 0 bridgehead atoms. The summed E-state index contributed by atoms with van der Waals surface area (Å²) < 4.78 is 0. The molecule has 0 amide bonds. The summed E-state index contributed by atoms with van der Waals surface area (Å²) in [5.41, 5.74) is 15.1. The molecule has 0 radical (unpaired) electrons. The molecule has 0 heterocycles. The topological polar surface area (TPSA) is 72.2 Å². The van der Waals surface area contributed by atoms with Crippen LogP contribution in [0.4, 0.5) is 11.4 Å². The number of thiocarbonyl (C=S) groups is 2. The Hall–Kier alpha value is -1.94. The number of hydrazine groups is 2. The Bertz CT molecular complexity index is 1170. The van der Waals surface area contributed by atoms with Crippen LogP contribution in [0.15, 0.2) is 59.9 Å². The van der Waals surface area contributed by atoms with Crippen molar-refractivity contribution in [1.29, 1.82) is 0 Å². The van der Waals surface area contributed by atoms with Crippen molar-refractivity contribution in [3.63, 3.8) is 0 Å². The van der Waals surface area contributed by atoms with Crippen molar-refractivity contribution < 1.29 is 0 Å². The maximum absolute atomic E-state index is 6.19. The SMILES string of the molecule is CC1(C)C=C(NNC(=S)Nc2ccc(Cl)cc2Cl)C=C(NNC(=S)Nc2ccc(Cl)cc2Cl)C1. The Labute approximate surface area is 229 Å². The summed E-state index contributed by atoms with van der Waals surface area (Å²) in [5.74, 6) is 0. The molecule has 34 heavy (non-hydrogen) atoms. The highest BCUT2D eigenvalue weighted by Gasteiger charge is 2.22. The zero-order chi connectivity index (χ0) is 24.9. The summed E-state index contributed by atoms with van der Waals surface area (Å²) in [6.45, 7) is 4.24. The summed E-state index contributed by atoms with van der Waals surface area (Å²) in [7, 11) is 0. The Morgan fingerprint density at radius 3 is 1.79 bits per heavy atom. The zero-order valence-corrected chi connectivity index (χ0v) is 22.8. The van der Waals surface area contributed by atoms with E-state index < -0.39 is 0 Å². The third-order valence-electron chi connectivity index (χ3n) is 4.54. The van der Waals surface area contributed by atoms with Gasteiger partial charge in [0.05, 0.1) is 27.1 Å². The summed E-state index contributed by atoms with van der Waals surface area (Å²) in [6, 6.07) is 10.3. The highest BCUT2D eigenvalue weighted by Crippen LogP contribution is 2.31. The maximum Gasteiger partial charge on any atom is 0.189 e. The van der Waals surface area contributed by atoms with E-state index in [1.165, 1.54) is 0 Å². The number of rotatable bonds is 6. The van der Waals surface area contributed by atoms with E-state index in [0.717, 1.165) is 17.8 Å². The molecule has 2 aromatic rings. The monoisotopic (exact) mass is 574 g/mol. The maximum atomic E-state index is 6.19. The van der Waals surface area contributed by atoms with Gasteiger partial charge in [-0.1, -0.05) is 66.3 Å². The van der Waals surface area contributed by atoms with Gasteiger partial charge in [0.25, 0.3) is 0 Å². The molecule has 6 nitrogen and oxygen atoms in total. The van der Waals surface area contributed by atoms with E-state index in [2.05, 4.69) is 52.3 Å². The van der Waals surface area contributed by atoms with E-state index in [0.29, 0.717) is 41.7 Å². The molecule has 0 unspecified atom stereocenters. The zero-order valence-electron chi connectivity index (χ0n) is 18.2. The molecule has 1 aliphatic carbocycles. The first-order chi connectivity index (χ1) is 16.0. The lowest BCUT2D eigenvalue weighted by Crippen LogP contribution is -2.43. The molecule has 0 aromatic heterocycles. The molecule has 2 aromatic carbocycles. The molecule has 12 heteroatoms. The lowest BCUT2D eigenvalue weighted by atomic mass is 9.83. The standard InChI is InChI=1S/C22H22Cl4N6S2/c1-22(2)10-14(29-31-20(33)27-18-5-3-12(23)7-16(18)25)9-15(11-22)30-32-21(34)28-19-6-4-13(24)8-17(19)26/h3-10,29-30H,11H2,1-2H3,(H2,27,31,33)(H2,28,32,34). The number of allylic oxidation sites excluding steroid dienone is 3. The van der Waals surface area contributed by atoms with Gasteiger partial charge in [0.2, 0.25) is 0 Å². The van der Waals surface area contributed by atoms with E-state index in [1.54, 1.807) is 36.4 Å². The minimum Gasteiger partial charge on any atom is -0.330 e. The van der Waals surface area contributed by atoms with Gasteiger partial charge in [0.1, 0.15) is 0 Å². The van der Waals surface area contributed by atoms with Crippen LogP contribution in [-0.2, 0) is 0 Å². The summed E-state index contributed by atoms with van der Waals surface area (Å²) in [6.07, 6.45) is 4.81. The van der Waals surface area contributed by atoms with Gasteiger partial charge < -0.3 is 16.1 Å². The van der Waals surface area contributed by atoms with E-state index in [4.69, 9.17) is 70.8 Å². The average Bonchev–Trinajstić information content (AvgIpc) is 2.74. The van der Waals surface area contributed by atoms with Crippen LogP contribution in [0.2, 0.25) is 20.1 Å². The average molecular weight is 576 g/mol. The fraction of sp³-hybridized carbons (Fsp3) is 0.182. The van der Waals surface area contributed by atoms with Crippen molar-refractivity contribution in [3.05, 3.63) is 80.0 Å². The fourth-order valence-electron chi connectivity index (χ4n) is 3.15. The summed E-state index contributed by atoms with van der Waals surface area (Å²) >= 11 is 35.0. The first-order valence-corrected chi connectivity index (χ1v) is 12.3. The Balaban J connectivity index is 1.55. The van der Waals surface area contributed by atoms with Crippen LogP contribution in [-0.4, -0.2) is 10.2 Å². The van der Waals surface area contributed by atoms with Gasteiger partial charge in [0.15, 0.2) is 10.2 Å². The van der Waals surface area contributed by atoms with Gasteiger partial charge in [-0.15, -0.1) is 0 Å². The van der Waals surface area contributed by atoms with Crippen LogP contribution < -0.4 is 32.3 Å². The number of benzene rings is 2. The number of anilines is 2. The van der Waals surface area contributed by atoms with Crippen molar-refractivity contribution in [3.8, 4) is 0 Å². The first-order valence-electron chi connectivity index (χ1n) is 10.0. The largest absolute Gasteiger partial charge is 0.330 e. The van der Waals surface area contributed by atoms with E-state index in [-0.39, 0.29) is 5.41 Å². The van der Waals surface area contributed by atoms with Crippen LogP contribution in [0.25, 0.3) is 0 Å². The van der Waals surface area contributed by atoms with Crippen LogP contribution in [0.1, 0.15) is 20.3 Å². The van der Waals surface area contributed by atoms with Crippen molar-refractivity contribution in [2.45, 2.75) is 20.3 Å². The molecule has 0 saturated carbocycles. The number of hydrogen-bond acceptors (Lipinski definition) is 4. The molecule has 0 saturated heterocycles. The third kappa shape index (κ3) is 8.08. The van der Waals surface area contributed by atoms with Gasteiger partial charge in [0, 0.05) is 15.7 Å². The minimum absolute atomic E-state index is 0.119. The highest BCUT2D eigenvalue weighted by atomic mass is 35.5. The normalized spacial score (nSPS) is 14.3. The van der Waals surface area contributed by atoms with Crippen LogP contribution in [0, 0.1) is 5.41 Å². The smallest absolute Gasteiger partial charge is 0.189 e. The molecule has 6 N–H and O–H groups in total. The fourth-order valence-corrected chi connectivity index (χ4v) is 4.38.